The van der Waals surface area contributed by atoms with E-state index >= 15 is 0 Å². The Labute approximate surface area is 178 Å². The minimum atomic E-state index is -0.348. The monoisotopic (exact) mass is 420 g/mol. The van der Waals surface area contributed by atoms with Gasteiger partial charge in [-0.15, -0.1) is 14.5 Å². The number of nitrogens with one attached hydrogen (secondary N) is 2. The first kappa shape index (κ1) is 22.2. The van der Waals surface area contributed by atoms with E-state index in [2.05, 4.69) is 68.5 Å². The molecule has 1 aliphatic rings. The predicted octanol–water partition coefficient (Wildman–Crippen LogP) is 0.885. The molecule has 0 amide bonds. The van der Waals surface area contributed by atoms with Gasteiger partial charge < -0.3 is 9.47 Å². The molecule has 30 heavy (non-hydrogen) atoms. The van der Waals surface area contributed by atoms with Gasteiger partial charge in [0.1, 0.15) is 19.8 Å². The maximum absolute atomic E-state index is 5.63. The Balaban J connectivity index is 1.73. The van der Waals surface area contributed by atoms with Crippen molar-refractivity contribution in [2.24, 2.45) is 17.6 Å². The van der Waals surface area contributed by atoms with Gasteiger partial charge in [-0.25, -0.2) is 9.55 Å². The number of ether oxygens (including phenoxy) is 2. The lowest BCUT2D eigenvalue weighted by molar-refractivity contribution is -0.764. The number of hydrogen-bond donors (Lipinski definition) is 2. The maximum Gasteiger partial charge on any atom is 0.265 e. The van der Waals surface area contributed by atoms with Crippen molar-refractivity contribution in [3.8, 4) is 0 Å². The fourth-order valence-electron chi connectivity index (χ4n) is 3.58. The van der Waals surface area contributed by atoms with E-state index < -0.39 is 0 Å². The van der Waals surface area contributed by atoms with E-state index in [0.29, 0.717) is 25.7 Å². The van der Waals surface area contributed by atoms with Crippen molar-refractivity contribution >= 4 is 5.90 Å². The Morgan fingerprint density at radius 1 is 1.03 bits per heavy atom. The van der Waals surface area contributed by atoms with Crippen molar-refractivity contribution in [1.82, 2.24) is 25.2 Å². The van der Waals surface area contributed by atoms with Crippen LogP contribution in [-0.4, -0.2) is 39.2 Å². The number of rotatable bonds is 6. The van der Waals surface area contributed by atoms with Crippen molar-refractivity contribution in [1.29, 1.82) is 0 Å². The van der Waals surface area contributed by atoms with E-state index in [0.717, 1.165) is 11.6 Å². The van der Waals surface area contributed by atoms with Crippen molar-refractivity contribution in [3.63, 3.8) is 0 Å². The van der Waals surface area contributed by atoms with Crippen LogP contribution >= 0.6 is 0 Å². The summed E-state index contributed by atoms with van der Waals surface area (Å²) in [5, 5.41) is 13.9. The lowest BCUT2D eigenvalue weighted by Gasteiger charge is -2.22. The van der Waals surface area contributed by atoms with Crippen molar-refractivity contribution in [2.75, 3.05) is 13.5 Å². The third kappa shape index (κ3) is 4.97. The highest BCUT2D eigenvalue weighted by molar-refractivity contribution is 5.81. The van der Waals surface area contributed by atoms with Gasteiger partial charge in [-0.3, -0.25) is 5.43 Å². The molecule has 166 valence electrons. The number of hydrazone groups is 1. The molecule has 2 aromatic rings. The van der Waals surface area contributed by atoms with Crippen LogP contribution in [0.3, 0.4) is 0 Å². The molecule has 3 heterocycles. The standard InChI is InChI=1S/C20H35N8O2/c1-18(2,3)16-25-28(13-26(16)8)9-19(4,5)15-21-11-27(24-15)10-20(6,7)17-23-22-12-29-14-30-17/h11,13,22H,9-10,12,14H2,1-8H3/q+1/p+1. The van der Waals surface area contributed by atoms with E-state index in [4.69, 9.17) is 19.7 Å². The second-order valence-corrected chi connectivity index (χ2v) is 10.3. The molecule has 0 fully saturated rings. The molecule has 3 rings (SSSR count). The summed E-state index contributed by atoms with van der Waals surface area (Å²) in [4.78, 5) is 3.34. The summed E-state index contributed by atoms with van der Waals surface area (Å²) in [6.07, 6.45) is 3.93. The summed E-state index contributed by atoms with van der Waals surface area (Å²) in [7, 11) is 2.04. The molecule has 0 saturated heterocycles. The molecule has 0 atom stereocenters. The Morgan fingerprint density at radius 2 is 1.73 bits per heavy atom. The van der Waals surface area contributed by atoms with Crippen molar-refractivity contribution < 1.29 is 18.8 Å². The van der Waals surface area contributed by atoms with Crippen LogP contribution in [-0.2, 0) is 40.4 Å². The Morgan fingerprint density at radius 3 is 2.40 bits per heavy atom. The van der Waals surface area contributed by atoms with E-state index in [1.165, 1.54) is 0 Å². The van der Waals surface area contributed by atoms with Crippen LogP contribution in [0.1, 0.15) is 60.1 Å². The predicted molar refractivity (Wildman–Crippen MR) is 110 cm³/mol. The van der Waals surface area contributed by atoms with Gasteiger partial charge in [-0.1, -0.05) is 20.8 Å². The van der Waals surface area contributed by atoms with E-state index in [1.807, 2.05) is 29.1 Å². The van der Waals surface area contributed by atoms with Crippen LogP contribution in [0.4, 0.5) is 0 Å². The fourth-order valence-corrected chi connectivity index (χ4v) is 3.58. The third-order valence-electron chi connectivity index (χ3n) is 5.07. The van der Waals surface area contributed by atoms with Crippen LogP contribution < -0.4 is 14.8 Å². The van der Waals surface area contributed by atoms with E-state index in [1.54, 1.807) is 0 Å². The zero-order chi connectivity index (χ0) is 22.2. The topological polar surface area (TPSA) is 97.1 Å². The lowest BCUT2D eigenvalue weighted by Crippen LogP contribution is -2.48. The average Bonchev–Trinajstić information content (AvgIpc) is 3.11. The molecule has 10 heteroatoms. The second kappa shape index (κ2) is 7.98. The SMILES string of the molecule is Cn1c[n+](CC(C)(C)c2n[n+](CC(C)(C)C3=NNCOCO3)c[nH]2)nc1C(C)(C)C. The number of hydrogen-bond acceptors (Lipinski definition) is 6. The van der Waals surface area contributed by atoms with Gasteiger partial charge in [-0.2, -0.15) is 0 Å². The largest absolute Gasteiger partial charge is 0.452 e. The van der Waals surface area contributed by atoms with E-state index in [9.17, 15) is 0 Å². The number of aromatic nitrogens is 6. The fraction of sp³-hybridized carbons (Fsp3) is 0.750. The minimum Gasteiger partial charge on any atom is -0.452 e. The highest BCUT2D eigenvalue weighted by atomic mass is 16.7. The molecular weight excluding hydrogens is 384 g/mol. The molecule has 2 N–H and O–H groups in total. The Kier molecular flexibility index (Phi) is 5.90. The summed E-state index contributed by atoms with van der Waals surface area (Å²) >= 11 is 0. The maximum atomic E-state index is 5.63. The van der Waals surface area contributed by atoms with Crippen LogP contribution in [0, 0.1) is 5.41 Å². The third-order valence-corrected chi connectivity index (χ3v) is 5.07. The van der Waals surface area contributed by atoms with Crippen LogP contribution in [0.5, 0.6) is 0 Å². The summed E-state index contributed by atoms with van der Waals surface area (Å²) in [5.41, 5.74) is 2.27. The number of nitrogens with zero attached hydrogens (tertiary/aromatic N) is 6. The van der Waals surface area contributed by atoms with Crippen LogP contribution in [0.2, 0.25) is 0 Å². The molecule has 0 aromatic carbocycles. The molecule has 0 aliphatic carbocycles. The first-order chi connectivity index (χ1) is 13.9. The number of aromatic amines is 1. The van der Waals surface area contributed by atoms with Gasteiger partial charge in [-0.05, 0) is 37.9 Å². The summed E-state index contributed by atoms with van der Waals surface area (Å²) in [5.74, 6) is 2.56. The van der Waals surface area contributed by atoms with Crippen molar-refractivity contribution in [2.45, 2.75) is 72.4 Å². The second-order valence-electron chi connectivity index (χ2n) is 10.3. The molecule has 2 aromatic heterocycles. The normalized spacial score (nSPS) is 15.9. The lowest BCUT2D eigenvalue weighted by atomic mass is 9.92. The zero-order valence-electron chi connectivity index (χ0n) is 19.5. The Bertz CT molecular complexity index is 904. The van der Waals surface area contributed by atoms with Gasteiger partial charge >= 0.3 is 0 Å². The highest BCUT2D eigenvalue weighted by Crippen LogP contribution is 2.22. The molecule has 0 saturated carbocycles. The number of H-pyrrole nitrogens is 1. The molecular formula is C20H36N8O2+2. The molecule has 0 spiro atoms. The summed E-state index contributed by atoms with van der Waals surface area (Å²) in [6, 6.07) is 0. The van der Waals surface area contributed by atoms with Gasteiger partial charge in [0, 0.05) is 5.41 Å². The van der Waals surface area contributed by atoms with Gasteiger partial charge in [0.2, 0.25) is 17.5 Å². The summed E-state index contributed by atoms with van der Waals surface area (Å²) < 4.78 is 16.8. The first-order valence-electron chi connectivity index (χ1n) is 10.3. The Hall–Kier alpha value is -2.49. The zero-order valence-corrected chi connectivity index (χ0v) is 19.5. The smallest absolute Gasteiger partial charge is 0.265 e. The molecule has 0 radical (unpaired) electrons. The minimum absolute atomic E-state index is 0.00782. The first-order valence-corrected chi connectivity index (χ1v) is 10.3. The van der Waals surface area contributed by atoms with E-state index in [-0.39, 0.29) is 23.0 Å². The molecule has 0 bridgehead atoms. The average molecular weight is 421 g/mol. The van der Waals surface area contributed by atoms with Crippen LogP contribution in [0.25, 0.3) is 0 Å². The highest BCUT2D eigenvalue weighted by Gasteiger charge is 2.37. The molecule has 10 nitrogen and oxygen atoms in total. The van der Waals surface area contributed by atoms with Gasteiger partial charge in [0.05, 0.1) is 17.9 Å². The number of aryl methyl sites for hydroxylation is 1. The molecule has 0 unspecified atom stereocenters. The van der Waals surface area contributed by atoms with Gasteiger partial charge in [0.15, 0.2) is 6.79 Å². The summed E-state index contributed by atoms with van der Waals surface area (Å²) in [6.45, 7) is 16.9. The van der Waals surface area contributed by atoms with Gasteiger partial charge in [0.25, 0.3) is 12.7 Å². The van der Waals surface area contributed by atoms with Crippen LogP contribution in [0.15, 0.2) is 17.8 Å². The van der Waals surface area contributed by atoms with Crippen molar-refractivity contribution in [3.05, 3.63) is 24.3 Å². The quantitative estimate of drug-likeness (QED) is 0.677. The molecule has 1 aliphatic heterocycles.